The number of amides is 1. The van der Waals surface area contributed by atoms with Crippen molar-refractivity contribution in [1.82, 2.24) is 5.32 Å². The van der Waals surface area contributed by atoms with Crippen molar-refractivity contribution in [2.75, 3.05) is 0 Å². The van der Waals surface area contributed by atoms with E-state index in [-0.39, 0.29) is 10.7 Å². The van der Waals surface area contributed by atoms with Crippen LogP contribution < -0.4 is 5.32 Å². The second-order valence-corrected chi connectivity index (χ2v) is 6.71. The Bertz CT molecular complexity index is 254. The maximum atomic E-state index is 11.7. The second-order valence-electron chi connectivity index (χ2n) is 5.44. The van der Waals surface area contributed by atoms with E-state index < -0.39 is 6.04 Å². The molecule has 1 amide bonds. The molecule has 1 aliphatic carbocycles. The number of carbonyl (C=O) groups excluding carboxylic acids is 2. The zero-order valence-corrected chi connectivity index (χ0v) is 11.1. The van der Waals surface area contributed by atoms with Crippen LogP contribution >= 0.6 is 11.8 Å². The summed E-state index contributed by atoms with van der Waals surface area (Å²) >= 11 is 1.36. The Labute approximate surface area is 102 Å². The molecule has 0 heterocycles. The lowest BCUT2D eigenvalue weighted by Gasteiger charge is -2.26. The van der Waals surface area contributed by atoms with E-state index in [9.17, 15) is 9.59 Å². The van der Waals surface area contributed by atoms with Crippen LogP contribution in [0.3, 0.4) is 0 Å². The van der Waals surface area contributed by atoms with Gasteiger partial charge in [-0.15, -0.1) is 0 Å². The van der Waals surface area contributed by atoms with E-state index in [1.54, 1.807) is 0 Å². The highest BCUT2D eigenvalue weighted by molar-refractivity contribution is 8.14. The molecule has 0 saturated heterocycles. The average molecular weight is 243 g/mol. The van der Waals surface area contributed by atoms with Gasteiger partial charge in [-0.2, -0.15) is 0 Å². The number of thioether (sulfide) groups is 1. The highest BCUT2D eigenvalue weighted by atomic mass is 32.2. The maximum absolute atomic E-state index is 11.7. The summed E-state index contributed by atoms with van der Waals surface area (Å²) in [6, 6.07) is -0.395. The molecule has 1 rings (SSSR count). The second kappa shape index (κ2) is 5.71. The smallest absolute Gasteiger partial charge is 0.279 e. The summed E-state index contributed by atoms with van der Waals surface area (Å²) < 4.78 is 0. The molecule has 0 aromatic heterocycles. The fourth-order valence-electron chi connectivity index (χ4n) is 1.77. The van der Waals surface area contributed by atoms with Crippen LogP contribution in [-0.2, 0) is 4.79 Å². The first-order valence-electron chi connectivity index (χ1n) is 5.86. The van der Waals surface area contributed by atoms with Crippen LogP contribution in [0.15, 0.2) is 0 Å². The van der Waals surface area contributed by atoms with E-state index in [2.05, 4.69) is 5.32 Å². The monoisotopic (exact) mass is 243 g/mol. The minimum absolute atomic E-state index is 0.0566. The van der Waals surface area contributed by atoms with Crippen molar-refractivity contribution >= 4 is 23.3 Å². The highest BCUT2D eigenvalue weighted by Crippen LogP contribution is 2.30. The van der Waals surface area contributed by atoms with Gasteiger partial charge in [-0.3, -0.25) is 4.79 Å². The van der Waals surface area contributed by atoms with E-state index in [4.69, 9.17) is 0 Å². The summed E-state index contributed by atoms with van der Waals surface area (Å²) in [6.07, 6.45) is 5.52. The summed E-state index contributed by atoms with van der Waals surface area (Å²) in [7, 11) is 0. The molecule has 1 atom stereocenters. The van der Waals surface area contributed by atoms with Gasteiger partial charge in [0.2, 0.25) is 0 Å². The van der Waals surface area contributed by atoms with E-state index in [1.807, 2.05) is 20.8 Å². The molecule has 92 valence electrons. The molecule has 0 unspecified atom stereocenters. The van der Waals surface area contributed by atoms with Crippen molar-refractivity contribution < 1.29 is 9.59 Å². The maximum Gasteiger partial charge on any atom is 0.279 e. The topological polar surface area (TPSA) is 46.2 Å². The molecule has 0 aromatic rings. The predicted octanol–water partition coefficient (Wildman–Crippen LogP) is 2.99. The van der Waals surface area contributed by atoms with Crippen LogP contribution in [0.4, 0.5) is 4.79 Å². The first-order valence-corrected chi connectivity index (χ1v) is 6.74. The van der Waals surface area contributed by atoms with Gasteiger partial charge in [0, 0.05) is 5.25 Å². The molecule has 1 aliphatic rings. The number of carbonyl (C=O) groups is 2. The Hall–Kier alpha value is -0.510. The lowest BCUT2D eigenvalue weighted by atomic mass is 9.88. The normalized spacial score (nSPS) is 19.4. The van der Waals surface area contributed by atoms with E-state index >= 15 is 0 Å². The van der Waals surface area contributed by atoms with Crippen LogP contribution in [0.1, 0.15) is 46.5 Å². The number of hydrogen-bond donors (Lipinski definition) is 1. The zero-order valence-electron chi connectivity index (χ0n) is 10.3. The highest BCUT2D eigenvalue weighted by Gasteiger charge is 2.27. The SMILES string of the molecule is CC(C)(C)[C@@H](C=O)NC(=O)SC1CCCC1. The molecule has 1 N–H and O–H groups in total. The van der Waals surface area contributed by atoms with Crippen molar-refractivity contribution in [1.29, 1.82) is 0 Å². The van der Waals surface area contributed by atoms with Crippen LogP contribution in [-0.4, -0.2) is 22.8 Å². The van der Waals surface area contributed by atoms with Crippen LogP contribution in [0.5, 0.6) is 0 Å². The molecule has 0 aliphatic heterocycles. The first-order chi connectivity index (χ1) is 7.43. The van der Waals surface area contributed by atoms with Gasteiger partial charge in [-0.05, 0) is 18.3 Å². The molecule has 1 saturated carbocycles. The number of aldehydes is 1. The quantitative estimate of drug-likeness (QED) is 0.775. The van der Waals surface area contributed by atoms with Crippen molar-refractivity contribution in [3.63, 3.8) is 0 Å². The van der Waals surface area contributed by atoms with Gasteiger partial charge >= 0.3 is 0 Å². The third-order valence-corrected chi connectivity index (χ3v) is 4.06. The molecule has 0 aromatic carbocycles. The summed E-state index contributed by atoms with van der Waals surface area (Å²) in [6.45, 7) is 5.85. The summed E-state index contributed by atoms with van der Waals surface area (Å²) in [5.74, 6) is 0. The summed E-state index contributed by atoms with van der Waals surface area (Å²) in [5.41, 5.74) is -0.215. The van der Waals surface area contributed by atoms with Crippen molar-refractivity contribution in [3.05, 3.63) is 0 Å². The molecule has 0 radical (unpaired) electrons. The summed E-state index contributed by atoms with van der Waals surface area (Å²) in [4.78, 5) is 22.6. The average Bonchev–Trinajstić information content (AvgIpc) is 2.64. The molecule has 0 bridgehead atoms. The van der Waals surface area contributed by atoms with Gasteiger partial charge in [0.25, 0.3) is 5.24 Å². The van der Waals surface area contributed by atoms with Gasteiger partial charge < -0.3 is 10.1 Å². The third kappa shape index (κ3) is 4.16. The van der Waals surface area contributed by atoms with Gasteiger partial charge in [0.05, 0.1) is 6.04 Å². The fraction of sp³-hybridized carbons (Fsp3) is 0.833. The standard InChI is InChI=1S/C12H21NO2S/c1-12(2,3)10(8-14)13-11(15)16-9-6-4-5-7-9/h8-10H,4-7H2,1-3H3,(H,13,15)/t10-/m1/s1. The number of hydrogen-bond acceptors (Lipinski definition) is 3. The lowest BCUT2D eigenvalue weighted by Crippen LogP contribution is -2.43. The van der Waals surface area contributed by atoms with Gasteiger partial charge in [0.15, 0.2) is 0 Å². The molecule has 3 nitrogen and oxygen atoms in total. The van der Waals surface area contributed by atoms with Gasteiger partial charge in [0.1, 0.15) is 6.29 Å². The predicted molar refractivity (Wildman–Crippen MR) is 67.7 cm³/mol. The first kappa shape index (κ1) is 13.6. The van der Waals surface area contributed by atoms with E-state index in [1.165, 1.54) is 24.6 Å². The Morgan fingerprint density at radius 3 is 2.38 bits per heavy atom. The summed E-state index contributed by atoms with van der Waals surface area (Å²) in [5, 5.41) is 3.18. The minimum atomic E-state index is -0.395. The Balaban J connectivity index is 2.39. The molecule has 1 fully saturated rings. The fourth-order valence-corrected chi connectivity index (χ4v) is 2.84. The Morgan fingerprint density at radius 2 is 1.94 bits per heavy atom. The molecule has 16 heavy (non-hydrogen) atoms. The third-order valence-electron chi connectivity index (χ3n) is 2.92. The Morgan fingerprint density at radius 1 is 1.38 bits per heavy atom. The van der Waals surface area contributed by atoms with E-state index in [0.29, 0.717) is 5.25 Å². The number of nitrogens with one attached hydrogen (secondary N) is 1. The van der Waals surface area contributed by atoms with Crippen LogP contribution in [0, 0.1) is 5.41 Å². The Kier molecular flexibility index (Phi) is 4.84. The van der Waals surface area contributed by atoms with E-state index in [0.717, 1.165) is 19.1 Å². The molecular formula is C12H21NO2S. The van der Waals surface area contributed by atoms with Gasteiger partial charge in [-0.25, -0.2) is 0 Å². The largest absolute Gasteiger partial charge is 0.337 e. The van der Waals surface area contributed by atoms with Gasteiger partial charge in [-0.1, -0.05) is 45.4 Å². The molecule has 0 spiro atoms. The lowest BCUT2D eigenvalue weighted by molar-refractivity contribution is -0.111. The minimum Gasteiger partial charge on any atom is -0.337 e. The zero-order chi connectivity index (χ0) is 12.2. The molecule has 4 heteroatoms. The van der Waals surface area contributed by atoms with Crippen molar-refractivity contribution in [3.8, 4) is 0 Å². The van der Waals surface area contributed by atoms with Crippen LogP contribution in [0.25, 0.3) is 0 Å². The number of rotatable bonds is 3. The van der Waals surface area contributed by atoms with Crippen molar-refractivity contribution in [2.24, 2.45) is 5.41 Å². The van der Waals surface area contributed by atoms with Crippen molar-refractivity contribution in [2.45, 2.75) is 57.7 Å². The molecular weight excluding hydrogens is 222 g/mol. The van der Waals surface area contributed by atoms with Crippen LogP contribution in [0.2, 0.25) is 0 Å².